The first-order valence-electron chi connectivity index (χ1n) is 7.31. The van der Waals surface area contributed by atoms with Crippen LogP contribution in [-0.2, 0) is 4.79 Å². The van der Waals surface area contributed by atoms with E-state index < -0.39 is 0 Å². The zero-order chi connectivity index (χ0) is 13.4. The number of rotatable bonds is 3. The Morgan fingerprint density at radius 1 is 1.32 bits per heavy atom. The zero-order valence-corrected chi connectivity index (χ0v) is 11.8. The van der Waals surface area contributed by atoms with Crippen molar-refractivity contribution in [1.82, 2.24) is 0 Å². The normalized spacial score (nSPS) is 25.5. The Morgan fingerprint density at radius 2 is 2.00 bits per heavy atom. The molecule has 1 saturated carbocycles. The van der Waals surface area contributed by atoms with E-state index in [1.807, 2.05) is 6.07 Å². The predicted octanol–water partition coefficient (Wildman–Crippen LogP) is 3.19. The van der Waals surface area contributed by atoms with E-state index >= 15 is 0 Å². The van der Waals surface area contributed by atoms with Gasteiger partial charge < -0.3 is 10.2 Å². The lowest BCUT2D eigenvalue weighted by Gasteiger charge is -2.20. The highest BCUT2D eigenvalue weighted by molar-refractivity contribution is 5.94. The molecule has 0 aromatic heterocycles. The third-order valence-corrected chi connectivity index (χ3v) is 4.36. The maximum absolute atomic E-state index is 11.9. The van der Waals surface area contributed by atoms with Crippen LogP contribution >= 0.6 is 0 Å². The lowest BCUT2D eigenvalue weighted by molar-refractivity contribution is -0.117. The maximum atomic E-state index is 11.9. The molecule has 1 N–H and O–H groups in total. The fraction of sp³-hybridized carbons (Fsp3) is 0.562. The number of carbonyl (C=O) groups excluding carboxylic acids is 1. The van der Waals surface area contributed by atoms with Crippen LogP contribution in [0, 0.1) is 18.8 Å². The van der Waals surface area contributed by atoms with Gasteiger partial charge in [-0.25, -0.2) is 0 Å². The van der Waals surface area contributed by atoms with Gasteiger partial charge in [0, 0.05) is 30.4 Å². The van der Waals surface area contributed by atoms with Crippen LogP contribution in [0.25, 0.3) is 0 Å². The number of amides is 1. The molecule has 2 atom stereocenters. The van der Waals surface area contributed by atoms with E-state index in [0.717, 1.165) is 25.2 Å². The molecule has 1 aromatic rings. The molecule has 3 heteroatoms. The Bertz CT molecular complexity index is 492. The number of benzene rings is 1. The van der Waals surface area contributed by atoms with Crippen LogP contribution in [0.4, 0.5) is 11.4 Å². The maximum Gasteiger partial charge on any atom is 0.227 e. The first-order chi connectivity index (χ1) is 9.15. The molecule has 1 saturated heterocycles. The summed E-state index contributed by atoms with van der Waals surface area (Å²) in [5, 5.41) is 3.04. The lowest BCUT2D eigenvalue weighted by atomic mass is 10.1. The highest BCUT2D eigenvalue weighted by Crippen LogP contribution is 2.38. The Balaban J connectivity index is 1.70. The van der Waals surface area contributed by atoms with Crippen molar-refractivity contribution in [1.29, 1.82) is 0 Å². The Labute approximate surface area is 115 Å². The Kier molecular flexibility index (Phi) is 3.21. The van der Waals surface area contributed by atoms with Crippen LogP contribution in [0.5, 0.6) is 0 Å². The molecular formula is C16H22N2O. The Hall–Kier alpha value is -1.51. The largest absolute Gasteiger partial charge is 0.371 e. The van der Waals surface area contributed by atoms with Crippen LogP contribution in [0.3, 0.4) is 0 Å². The molecule has 1 aromatic carbocycles. The molecule has 2 unspecified atom stereocenters. The predicted molar refractivity (Wildman–Crippen MR) is 78.5 cm³/mol. The van der Waals surface area contributed by atoms with Gasteiger partial charge in [0.1, 0.15) is 0 Å². The van der Waals surface area contributed by atoms with Crippen molar-refractivity contribution >= 4 is 17.3 Å². The van der Waals surface area contributed by atoms with E-state index in [1.54, 1.807) is 0 Å². The number of nitrogens with one attached hydrogen (secondary N) is 1. The summed E-state index contributed by atoms with van der Waals surface area (Å²) >= 11 is 0. The van der Waals surface area contributed by atoms with Crippen LogP contribution < -0.4 is 10.2 Å². The molecule has 19 heavy (non-hydrogen) atoms. The van der Waals surface area contributed by atoms with E-state index in [4.69, 9.17) is 0 Å². The summed E-state index contributed by atoms with van der Waals surface area (Å²) < 4.78 is 0. The van der Waals surface area contributed by atoms with E-state index in [9.17, 15) is 4.79 Å². The van der Waals surface area contributed by atoms with Crippen LogP contribution in [0.1, 0.15) is 31.7 Å². The quantitative estimate of drug-likeness (QED) is 0.903. The monoisotopic (exact) mass is 258 g/mol. The van der Waals surface area contributed by atoms with Gasteiger partial charge in [-0.15, -0.1) is 0 Å². The smallest absolute Gasteiger partial charge is 0.227 e. The minimum Gasteiger partial charge on any atom is -0.371 e. The molecule has 1 aliphatic carbocycles. The summed E-state index contributed by atoms with van der Waals surface area (Å²) in [6.45, 7) is 6.58. The van der Waals surface area contributed by atoms with E-state index in [-0.39, 0.29) is 11.8 Å². The molecule has 2 aliphatic rings. The van der Waals surface area contributed by atoms with E-state index in [0.29, 0.717) is 5.92 Å². The topological polar surface area (TPSA) is 32.3 Å². The second-order valence-corrected chi connectivity index (χ2v) is 6.00. The second kappa shape index (κ2) is 4.87. The second-order valence-electron chi connectivity index (χ2n) is 6.00. The van der Waals surface area contributed by atoms with Crippen molar-refractivity contribution in [3.63, 3.8) is 0 Å². The summed E-state index contributed by atoms with van der Waals surface area (Å²) in [5.41, 5.74) is 3.50. The minimum absolute atomic E-state index is 0.181. The summed E-state index contributed by atoms with van der Waals surface area (Å²) in [6.07, 6.45) is 3.62. The van der Waals surface area contributed by atoms with Gasteiger partial charge in [-0.2, -0.15) is 0 Å². The minimum atomic E-state index is 0.181. The first-order valence-corrected chi connectivity index (χ1v) is 7.31. The van der Waals surface area contributed by atoms with Gasteiger partial charge in [0.25, 0.3) is 0 Å². The van der Waals surface area contributed by atoms with Crippen molar-refractivity contribution in [2.45, 2.75) is 33.1 Å². The molecule has 0 bridgehead atoms. The van der Waals surface area contributed by atoms with Crippen molar-refractivity contribution in [3.05, 3.63) is 23.8 Å². The molecule has 2 fully saturated rings. The molecule has 0 spiro atoms. The molecule has 1 aliphatic heterocycles. The fourth-order valence-electron chi connectivity index (χ4n) is 2.97. The van der Waals surface area contributed by atoms with E-state index in [2.05, 4.69) is 36.2 Å². The van der Waals surface area contributed by atoms with Crippen LogP contribution in [-0.4, -0.2) is 19.0 Å². The van der Waals surface area contributed by atoms with Gasteiger partial charge in [0.2, 0.25) is 5.91 Å². The summed E-state index contributed by atoms with van der Waals surface area (Å²) in [4.78, 5) is 14.4. The third-order valence-electron chi connectivity index (χ3n) is 4.36. The molecule has 1 amide bonds. The fourth-order valence-corrected chi connectivity index (χ4v) is 2.97. The van der Waals surface area contributed by atoms with Crippen molar-refractivity contribution in [3.8, 4) is 0 Å². The lowest BCUT2D eigenvalue weighted by Crippen LogP contribution is -2.19. The number of anilines is 2. The number of carbonyl (C=O) groups is 1. The van der Waals surface area contributed by atoms with Crippen LogP contribution in [0.2, 0.25) is 0 Å². The average Bonchev–Trinajstić information content (AvgIpc) is 2.90. The highest BCUT2D eigenvalue weighted by atomic mass is 16.2. The molecule has 0 radical (unpaired) electrons. The van der Waals surface area contributed by atoms with Crippen molar-refractivity contribution in [2.75, 3.05) is 23.3 Å². The molecule has 3 rings (SSSR count). The highest BCUT2D eigenvalue weighted by Gasteiger charge is 2.39. The van der Waals surface area contributed by atoms with E-state index in [1.165, 1.54) is 24.1 Å². The van der Waals surface area contributed by atoms with Gasteiger partial charge >= 0.3 is 0 Å². The molecular weight excluding hydrogens is 236 g/mol. The number of aryl methyl sites for hydroxylation is 1. The standard InChI is InChI=1S/C16H22N2O/c1-11-10-14(11)16(19)17-13-5-6-15(12(2)9-13)18-7-3-4-8-18/h5-6,9,11,14H,3-4,7-8,10H2,1-2H3,(H,17,19). The zero-order valence-electron chi connectivity index (χ0n) is 11.8. The summed E-state index contributed by atoms with van der Waals surface area (Å²) in [5.74, 6) is 0.976. The van der Waals surface area contributed by atoms with Gasteiger partial charge in [-0.1, -0.05) is 6.92 Å². The third kappa shape index (κ3) is 2.60. The average molecular weight is 258 g/mol. The number of hydrogen-bond acceptors (Lipinski definition) is 2. The SMILES string of the molecule is Cc1cc(NC(=O)C2CC2C)ccc1N1CCCC1. The number of nitrogens with zero attached hydrogens (tertiary/aromatic N) is 1. The molecule has 3 nitrogen and oxygen atoms in total. The molecule has 102 valence electrons. The van der Waals surface area contributed by atoms with Gasteiger partial charge in [0.15, 0.2) is 0 Å². The summed E-state index contributed by atoms with van der Waals surface area (Å²) in [7, 11) is 0. The Morgan fingerprint density at radius 3 is 2.58 bits per heavy atom. The van der Waals surface area contributed by atoms with Crippen LogP contribution in [0.15, 0.2) is 18.2 Å². The molecule has 1 heterocycles. The van der Waals surface area contributed by atoms with Gasteiger partial charge in [-0.3, -0.25) is 4.79 Å². The first kappa shape index (κ1) is 12.5. The number of hydrogen-bond donors (Lipinski definition) is 1. The van der Waals surface area contributed by atoms with Gasteiger partial charge in [0.05, 0.1) is 0 Å². The summed E-state index contributed by atoms with van der Waals surface area (Å²) in [6, 6.07) is 6.27. The van der Waals surface area contributed by atoms with Gasteiger partial charge in [-0.05, 0) is 55.9 Å². The van der Waals surface area contributed by atoms with Crippen molar-refractivity contribution in [2.24, 2.45) is 11.8 Å². The van der Waals surface area contributed by atoms with Crippen molar-refractivity contribution < 1.29 is 4.79 Å².